The lowest BCUT2D eigenvalue weighted by Crippen LogP contribution is -2.24. The highest BCUT2D eigenvalue weighted by atomic mass is 35.5. The van der Waals surface area contributed by atoms with Crippen molar-refractivity contribution in [3.8, 4) is 0 Å². The summed E-state index contributed by atoms with van der Waals surface area (Å²) in [5.74, 6) is 0. The fraction of sp³-hybridized carbons (Fsp3) is 0.500. The average Bonchev–Trinajstić information content (AvgIpc) is 2.29. The summed E-state index contributed by atoms with van der Waals surface area (Å²) in [5.41, 5.74) is 1.66. The zero-order chi connectivity index (χ0) is 11.1. The summed E-state index contributed by atoms with van der Waals surface area (Å²) >= 11 is 0. The number of anilines is 1. The van der Waals surface area contributed by atoms with Crippen molar-refractivity contribution in [3.05, 3.63) is 29.2 Å². The maximum atomic E-state index is 10.3. The molecule has 0 radical (unpaired) electrons. The minimum Gasteiger partial charge on any atom is -0.372 e. The van der Waals surface area contributed by atoms with Crippen molar-refractivity contribution in [2.45, 2.75) is 26.7 Å². The van der Waals surface area contributed by atoms with Gasteiger partial charge in [-0.1, -0.05) is 13.8 Å². The Bertz CT molecular complexity index is 294. The summed E-state index contributed by atoms with van der Waals surface area (Å²) in [6.07, 6.45) is 2.27. The molecule has 0 unspecified atom stereocenters. The third-order valence-corrected chi connectivity index (χ3v) is 2.31. The van der Waals surface area contributed by atoms with Gasteiger partial charge >= 0.3 is 0 Å². The predicted molar refractivity (Wildman–Crippen MR) is 71.9 cm³/mol. The molecular weight excluding hydrogens is 224 g/mol. The van der Waals surface area contributed by atoms with Crippen LogP contribution in [0.1, 0.15) is 26.7 Å². The first kappa shape index (κ1) is 14.9. The van der Waals surface area contributed by atoms with Crippen molar-refractivity contribution in [1.82, 2.24) is 0 Å². The fourth-order valence-electron chi connectivity index (χ4n) is 1.63. The van der Waals surface area contributed by atoms with Crippen LogP contribution < -0.4 is 4.90 Å². The Morgan fingerprint density at radius 1 is 1.06 bits per heavy atom. The molecule has 1 aromatic carbocycles. The zero-order valence-electron chi connectivity index (χ0n) is 9.85. The van der Waals surface area contributed by atoms with Crippen LogP contribution >= 0.6 is 12.4 Å². The Morgan fingerprint density at radius 3 is 1.94 bits per heavy atom. The highest BCUT2D eigenvalue weighted by molar-refractivity contribution is 5.85. The SMILES string of the molecule is CCCN(CCC)c1ccc(N=O)cc1.Cl. The van der Waals surface area contributed by atoms with Crippen LogP contribution in [0.15, 0.2) is 29.4 Å². The van der Waals surface area contributed by atoms with E-state index < -0.39 is 0 Å². The summed E-state index contributed by atoms with van der Waals surface area (Å²) in [6, 6.07) is 7.45. The molecule has 0 bridgehead atoms. The molecule has 16 heavy (non-hydrogen) atoms. The number of halogens is 1. The molecule has 0 aliphatic heterocycles. The van der Waals surface area contributed by atoms with E-state index in [-0.39, 0.29) is 12.4 Å². The van der Waals surface area contributed by atoms with Gasteiger partial charge in [-0.3, -0.25) is 0 Å². The lowest BCUT2D eigenvalue weighted by Gasteiger charge is -2.23. The summed E-state index contributed by atoms with van der Waals surface area (Å²) in [7, 11) is 0. The third-order valence-electron chi connectivity index (χ3n) is 2.31. The fourth-order valence-corrected chi connectivity index (χ4v) is 1.63. The van der Waals surface area contributed by atoms with Gasteiger partial charge in [-0.2, -0.15) is 0 Å². The monoisotopic (exact) mass is 242 g/mol. The number of nitroso groups, excluding NO2 is 1. The van der Waals surface area contributed by atoms with Crippen molar-refractivity contribution >= 4 is 23.8 Å². The predicted octanol–water partition coefficient (Wildman–Crippen LogP) is 4.13. The van der Waals surface area contributed by atoms with Gasteiger partial charge in [0, 0.05) is 18.8 Å². The summed E-state index contributed by atoms with van der Waals surface area (Å²) in [5, 5.41) is 2.89. The molecule has 0 saturated heterocycles. The Kier molecular flexibility index (Phi) is 7.56. The van der Waals surface area contributed by atoms with Gasteiger partial charge in [0.15, 0.2) is 0 Å². The van der Waals surface area contributed by atoms with E-state index in [0.29, 0.717) is 5.69 Å². The van der Waals surface area contributed by atoms with E-state index in [0.717, 1.165) is 25.9 Å². The van der Waals surface area contributed by atoms with E-state index >= 15 is 0 Å². The second kappa shape index (κ2) is 8.11. The molecule has 0 atom stereocenters. The Hall–Kier alpha value is -1.09. The van der Waals surface area contributed by atoms with Gasteiger partial charge in [-0.05, 0) is 42.3 Å². The molecule has 3 nitrogen and oxygen atoms in total. The molecule has 0 spiro atoms. The van der Waals surface area contributed by atoms with Gasteiger partial charge in [0.25, 0.3) is 0 Å². The van der Waals surface area contributed by atoms with Crippen LogP contribution in [0, 0.1) is 4.91 Å². The van der Waals surface area contributed by atoms with Gasteiger partial charge in [-0.15, -0.1) is 17.3 Å². The summed E-state index contributed by atoms with van der Waals surface area (Å²) in [6.45, 7) is 6.46. The van der Waals surface area contributed by atoms with Gasteiger partial charge in [0.2, 0.25) is 0 Å². The topological polar surface area (TPSA) is 32.7 Å². The molecule has 0 heterocycles. The van der Waals surface area contributed by atoms with Crippen LogP contribution in [0.5, 0.6) is 0 Å². The summed E-state index contributed by atoms with van der Waals surface area (Å²) in [4.78, 5) is 12.6. The van der Waals surface area contributed by atoms with Gasteiger partial charge in [0.1, 0.15) is 5.69 Å². The molecule has 1 rings (SSSR count). The molecule has 0 aliphatic carbocycles. The lowest BCUT2D eigenvalue weighted by atomic mass is 10.2. The second-order valence-corrected chi connectivity index (χ2v) is 3.59. The normalized spacial score (nSPS) is 9.38. The van der Waals surface area contributed by atoms with Crippen molar-refractivity contribution in [2.75, 3.05) is 18.0 Å². The molecule has 0 saturated carbocycles. The largest absolute Gasteiger partial charge is 0.372 e. The second-order valence-electron chi connectivity index (χ2n) is 3.59. The number of nitrogens with zero attached hydrogens (tertiary/aromatic N) is 2. The van der Waals surface area contributed by atoms with Crippen LogP contribution in [0.3, 0.4) is 0 Å². The van der Waals surface area contributed by atoms with Crippen molar-refractivity contribution in [2.24, 2.45) is 5.18 Å². The van der Waals surface area contributed by atoms with E-state index in [1.54, 1.807) is 12.1 Å². The zero-order valence-corrected chi connectivity index (χ0v) is 10.7. The van der Waals surface area contributed by atoms with Crippen LogP contribution in [0.2, 0.25) is 0 Å². The molecule has 0 amide bonds. The number of hydrogen-bond acceptors (Lipinski definition) is 3. The number of benzene rings is 1. The van der Waals surface area contributed by atoms with E-state index in [9.17, 15) is 4.91 Å². The smallest absolute Gasteiger partial charge is 0.108 e. The van der Waals surface area contributed by atoms with E-state index in [4.69, 9.17) is 0 Å². The Balaban J connectivity index is 0.00000225. The lowest BCUT2D eigenvalue weighted by molar-refractivity contribution is 0.745. The maximum Gasteiger partial charge on any atom is 0.108 e. The molecule has 1 aromatic rings. The Labute approximate surface area is 103 Å². The highest BCUT2D eigenvalue weighted by Crippen LogP contribution is 2.19. The van der Waals surface area contributed by atoms with Crippen LogP contribution in [-0.4, -0.2) is 13.1 Å². The van der Waals surface area contributed by atoms with Crippen molar-refractivity contribution < 1.29 is 0 Å². The minimum atomic E-state index is 0. The first-order valence-corrected chi connectivity index (χ1v) is 5.50. The third kappa shape index (κ3) is 4.19. The molecule has 0 aliphatic rings. The van der Waals surface area contributed by atoms with E-state index in [2.05, 4.69) is 23.9 Å². The molecule has 0 aromatic heterocycles. The van der Waals surface area contributed by atoms with Crippen LogP contribution in [0.25, 0.3) is 0 Å². The van der Waals surface area contributed by atoms with E-state index in [1.165, 1.54) is 5.69 Å². The quantitative estimate of drug-likeness (QED) is 0.703. The molecule has 0 N–H and O–H groups in total. The molecule has 90 valence electrons. The van der Waals surface area contributed by atoms with Gasteiger partial charge in [-0.25, -0.2) is 0 Å². The molecule has 4 heteroatoms. The summed E-state index contributed by atoms with van der Waals surface area (Å²) < 4.78 is 0. The van der Waals surface area contributed by atoms with Gasteiger partial charge < -0.3 is 4.90 Å². The van der Waals surface area contributed by atoms with Crippen LogP contribution in [0.4, 0.5) is 11.4 Å². The van der Waals surface area contributed by atoms with Crippen LogP contribution in [-0.2, 0) is 0 Å². The molecule has 0 fully saturated rings. The van der Waals surface area contributed by atoms with Crippen molar-refractivity contribution in [3.63, 3.8) is 0 Å². The highest BCUT2D eigenvalue weighted by Gasteiger charge is 2.03. The van der Waals surface area contributed by atoms with Crippen molar-refractivity contribution in [1.29, 1.82) is 0 Å². The number of hydrogen-bond donors (Lipinski definition) is 0. The number of rotatable bonds is 6. The maximum absolute atomic E-state index is 10.3. The standard InChI is InChI=1S/C12H18N2O.ClH/c1-3-9-14(10-4-2)12-7-5-11(13-15)6-8-12;/h5-8H,3-4,9-10H2,1-2H3;1H. The first-order valence-electron chi connectivity index (χ1n) is 5.50. The average molecular weight is 243 g/mol. The van der Waals surface area contributed by atoms with E-state index in [1.807, 2.05) is 12.1 Å². The minimum absolute atomic E-state index is 0. The Morgan fingerprint density at radius 2 is 1.56 bits per heavy atom. The van der Waals surface area contributed by atoms with Gasteiger partial charge in [0.05, 0.1) is 0 Å². The molecular formula is C12H19ClN2O. The first-order chi connectivity index (χ1) is 7.31.